The molecule has 0 saturated heterocycles. The van der Waals surface area contributed by atoms with Crippen LogP contribution in [0.25, 0.3) is 0 Å². The Hall–Kier alpha value is -1.63. The van der Waals surface area contributed by atoms with E-state index in [1.807, 2.05) is 30.3 Å². The predicted octanol–water partition coefficient (Wildman–Crippen LogP) is 1.51. The fourth-order valence-electron chi connectivity index (χ4n) is 1.39. The van der Waals surface area contributed by atoms with Gasteiger partial charge in [0.1, 0.15) is 0 Å². The topological polar surface area (TPSA) is 52.3 Å². The van der Waals surface area contributed by atoms with Crippen molar-refractivity contribution < 1.29 is 9.53 Å². The highest BCUT2D eigenvalue weighted by Gasteiger charge is 2.20. The van der Waals surface area contributed by atoms with Gasteiger partial charge in [0.15, 0.2) is 5.78 Å². The van der Waals surface area contributed by atoms with E-state index in [9.17, 15) is 4.79 Å². The summed E-state index contributed by atoms with van der Waals surface area (Å²) in [6.07, 6.45) is 4.78. The van der Waals surface area contributed by atoms with E-state index >= 15 is 0 Å². The number of ketones is 1. The Morgan fingerprint density at radius 2 is 2.12 bits per heavy atom. The van der Waals surface area contributed by atoms with Gasteiger partial charge in [0.25, 0.3) is 0 Å². The first-order valence-electron chi connectivity index (χ1n) is 5.52. The van der Waals surface area contributed by atoms with Crippen LogP contribution in [-0.4, -0.2) is 17.9 Å². The second-order valence-corrected chi connectivity index (χ2v) is 3.87. The minimum atomic E-state index is -0.658. The van der Waals surface area contributed by atoms with Crippen molar-refractivity contribution in [2.24, 2.45) is 5.73 Å². The van der Waals surface area contributed by atoms with Crippen molar-refractivity contribution in [3.05, 3.63) is 35.9 Å². The number of ether oxygens (including phenoxy) is 1. The molecule has 1 rings (SSSR count). The van der Waals surface area contributed by atoms with Crippen molar-refractivity contribution in [2.75, 3.05) is 0 Å². The van der Waals surface area contributed by atoms with Crippen LogP contribution in [0.3, 0.4) is 0 Å². The van der Waals surface area contributed by atoms with Crippen molar-refractivity contribution in [1.29, 1.82) is 0 Å². The van der Waals surface area contributed by atoms with E-state index in [1.54, 1.807) is 6.92 Å². The summed E-state index contributed by atoms with van der Waals surface area (Å²) in [5.74, 6) is 2.13. The standard InChI is InChI=1S/C14H17NO2/c1-3-7-13(16)14(15)11(2)17-10-12-8-5-4-6-9-12/h1,4-6,8-9,11,14H,7,10,15H2,2H3/t11-,14+/m0/s1. The predicted molar refractivity (Wildman–Crippen MR) is 67.1 cm³/mol. The van der Waals surface area contributed by atoms with Gasteiger partial charge in [0, 0.05) is 0 Å². The smallest absolute Gasteiger partial charge is 0.163 e. The molecule has 2 N–H and O–H groups in total. The van der Waals surface area contributed by atoms with E-state index in [1.165, 1.54) is 0 Å². The molecule has 0 unspecified atom stereocenters. The molecule has 0 spiro atoms. The second kappa shape index (κ2) is 6.85. The molecule has 3 heteroatoms. The summed E-state index contributed by atoms with van der Waals surface area (Å²) in [4.78, 5) is 11.4. The number of hydrogen-bond acceptors (Lipinski definition) is 3. The molecule has 3 nitrogen and oxygen atoms in total. The Kier molecular flexibility index (Phi) is 5.41. The van der Waals surface area contributed by atoms with Crippen LogP contribution >= 0.6 is 0 Å². The van der Waals surface area contributed by atoms with Gasteiger partial charge in [-0.2, -0.15) is 0 Å². The molecule has 0 fully saturated rings. The molecule has 0 aromatic heterocycles. The summed E-state index contributed by atoms with van der Waals surface area (Å²) in [7, 11) is 0. The maximum atomic E-state index is 11.4. The first kappa shape index (κ1) is 13.4. The molecule has 0 heterocycles. The minimum absolute atomic E-state index is 0.0558. The molecule has 0 aliphatic carbocycles. The van der Waals surface area contributed by atoms with E-state index < -0.39 is 6.04 Å². The number of terminal acetylenes is 1. The molecule has 0 saturated carbocycles. The van der Waals surface area contributed by atoms with Gasteiger partial charge in [0.05, 0.1) is 25.2 Å². The third-order valence-electron chi connectivity index (χ3n) is 2.51. The summed E-state index contributed by atoms with van der Waals surface area (Å²) in [5.41, 5.74) is 6.79. The molecule has 17 heavy (non-hydrogen) atoms. The molecule has 0 bridgehead atoms. The highest BCUT2D eigenvalue weighted by atomic mass is 16.5. The number of Topliss-reactive ketones (excluding diaryl/α,β-unsaturated/α-hetero) is 1. The number of rotatable bonds is 6. The van der Waals surface area contributed by atoms with Gasteiger partial charge in [-0.1, -0.05) is 36.3 Å². The largest absolute Gasteiger partial charge is 0.372 e. The van der Waals surface area contributed by atoms with Gasteiger partial charge in [-0.25, -0.2) is 0 Å². The summed E-state index contributed by atoms with van der Waals surface area (Å²) >= 11 is 0. The zero-order valence-corrected chi connectivity index (χ0v) is 9.93. The number of carbonyl (C=O) groups excluding carboxylic acids is 1. The summed E-state index contributed by atoms with van der Waals surface area (Å²) < 4.78 is 5.54. The number of hydrogen-bond donors (Lipinski definition) is 1. The van der Waals surface area contributed by atoms with E-state index in [2.05, 4.69) is 5.92 Å². The highest BCUT2D eigenvalue weighted by Crippen LogP contribution is 2.06. The Balaban J connectivity index is 2.42. The van der Waals surface area contributed by atoms with Crippen LogP contribution in [0.2, 0.25) is 0 Å². The fraction of sp³-hybridized carbons (Fsp3) is 0.357. The third kappa shape index (κ3) is 4.39. The maximum absolute atomic E-state index is 11.4. The molecule has 0 aliphatic rings. The van der Waals surface area contributed by atoms with Gasteiger partial charge in [0.2, 0.25) is 0 Å². The molecule has 90 valence electrons. The first-order valence-corrected chi connectivity index (χ1v) is 5.52. The van der Waals surface area contributed by atoms with Gasteiger partial charge in [-0.3, -0.25) is 4.79 Å². The summed E-state index contributed by atoms with van der Waals surface area (Å²) in [6, 6.07) is 9.08. The molecule has 0 amide bonds. The van der Waals surface area contributed by atoms with Crippen LogP contribution in [-0.2, 0) is 16.1 Å². The van der Waals surface area contributed by atoms with Gasteiger partial charge in [-0.05, 0) is 12.5 Å². The van der Waals surface area contributed by atoms with Crippen LogP contribution in [0.15, 0.2) is 30.3 Å². The Morgan fingerprint density at radius 1 is 1.47 bits per heavy atom. The molecule has 2 atom stereocenters. The zero-order valence-electron chi connectivity index (χ0n) is 9.93. The fourth-order valence-corrected chi connectivity index (χ4v) is 1.39. The highest BCUT2D eigenvalue weighted by molar-refractivity contribution is 5.86. The average Bonchev–Trinajstić information content (AvgIpc) is 2.36. The molecular weight excluding hydrogens is 214 g/mol. The van der Waals surface area contributed by atoms with E-state index in [0.717, 1.165) is 5.56 Å². The molecule has 1 aromatic rings. The van der Waals surface area contributed by atoms with Crippen molar-refractivity contribution in [1.82, 2.24) is 0 Å². The normalized spacial score (nSPS) is 13.7. The Bertz CT molecular complexity index is 394. The Morgan fingerprint density at radius 3 is 2.71 bits per heavy atom. The van der Waals surface area contributed by atoms with E-state index in [-0.39, 0.29) is 18.3 Å². The number of benzene rings is 1. The quantitative estimate of drug-likeness (QED) is 0.755. The van der Waals surface area contributed by atoms with Crippen molar-refractivity contribution in [3.63, 3.8) is 0 Å². The first-order chi connectivity index (χ1) is 8.15. The van der Waals surface area contributed by atoms with Crippen LogP contribution in [0.5, 0.6) is 0 Å². The lowest BCUT2D eigenvalue weighted by Gasteiger charge is -2.18. The van der Waals surface area contributed by atoms with Crippen molar-refractivity contribution in [2.45, 2.75) is 32.1 Å². The van der Waals surface area contributed by atoms with Crippen LogP contribution < -0.4 is 5.73 Å². The van der Waals surface area contributed by atoms with E-state index in [0.29, 0.717) is 6.61 Å². The second-order valence-electron chi connectivity index (χ2n) is 3.87. The lowest BCUT2D eigenvalue weighted by Crippen LogP contribution is -2.41. The lowest BCUT2D eigenvalue weighted by molar-refractivity contribution is -0.122. The summed E-state index contributed by atoms with van der Waals surface area (Å²) in [5, 5.41) is 0. The van der Waals surface area contributed by atoms with Gasteiger partial charge in [-0.15, -0.1) is 6.42 Å². The summed E-state index contributed by atoms with van der Waals surface area (Å²) in [6.45, 7) is 2.22. The minimum Gasteiger partial charge on any atom is -0.372 e. The molecule has 1 aromatic carbocycles. The van der Waals surface area contributed by atoms with E-state index in [4.69, 9.17) is 16.9 Å². The molecule has 0 radical (unpaired) electrons. The van der Waals surface area contributed by atoms with Gasteiger partial charge >= 0.3 is 0 Å². The number of carbonyl (C=O) groups is 1. The Labute approximate surface area is 102 Å². The average molecular weight is 231 g/mol. The van der Waals surface area contributed by atoms with Crippen LogP contribution in [0.4, 0.5) is 0 Å². The molecule has 0 aliphatic heterocycles. The number of nitrogens with two attached hydrogens (primary N) is 1. The lowest BCUT2D eigenvalue weighted by atomic mass is 10.1. The van der Waals surface area contributed by atoms with Crippen LogP contribution in [0.1, 0.15) is 18.9 Å². The van der Waals surface area contributed by atoms with Crippen molar-refractivity contribution in [3.8, 4) is 12.3 Å². The maximum Gasteiger partial charge on any atom is 0.163 e. The SMILES string of the molecule is C#CCC(=O)[C@H](N)[C@H](C)OCc1ccccc1. The zero-order chi connectivity index (χ0) is 12.7. The van der Waals surface area contributed by atoms with Gasteiger partial charge < -0.3 is 10.5 Å². The van der Waals surface area contributed by atoms with Crippen LogP contribution in [0, 0.1) is 12.3 Å². The monoisotopic (exact) mass is 231 g/mol. The third-order valence-corrected chi connectivity index (χ3v) is 2.51. The molecular formula is C14H17NO2. The van der Waals surface area contributed by atoms with Crippen molar-refractivity contribution >= 4 is 5.78 Å².